The molecule has 12 heteroatoms. The SMILES string of the molecule is N=C(N)c1ccc2nc(-c3cc(CC(=O)N4CCCC4)cc(-c4cc(S(N)(=O)=O)ccc4O)c3O)[nH]c2c1. The van der Waals surface area contributed by atoms with Crippen LogP contribution in [-0.4, -0.2) is 58.3 Å². The van der Waals surface area contributed by atoms with Gasteiger partial charge in [0.25, 0.3) is 0 Å². The smallest absolute Gasteiger partial charge is 0.238 e. The molecule has 8 N–H and O–H groups in total. The molecule has 5 rings (SSSR count). The number of H-pyrrole nitrogens is 1. The van der Waals surface area contributed by atoms with Crippen LogP contribution in [0.2, 0.25) is 0 Å². The predicted molar refractivity (Wildman–Crippen MR) is 142 cm³/mol. The monoisotopic (exact) mass is 534 g/mol. The molecule has 0 atom stereocenters. The number of primary sulfonamides is 1. The maximum atomic E-state index is 13.0. The van der Waals surface area contributed by atoms with Crippen molar-refractivity contribution in [3.63, 3.8) is 0 Å². The van der Waals surface area contributed by atoms with Crippen molar-refractivity contribution in [2.45, 2.75) is 24.2 Å². The van der Waals surface area contributed by atoms with Gasteiger partial charge < -0.3 is 25.8 Å². The Labute approximate surface area is 218 Å². The average Bonchev–Trinajstić information content (AvgIpc) is 3.54. The van der Waals surface area contributed by atoms with Crippen LogP contribution >= 0.6 is 0 Å². The van der Waals surface area contributed by atoms with Crippen molar-refractivity contribution in [2.75, 3.05) is 13.1 Å². The number of aromatic hydroxyl groups is 2. The van der Waals surface area contributed by atoms with E-state index in [1.54, 1.807) is 35.2 Å². The topological polar surface area (TPSA) is 199 Å². The summed E-state index contributed by atoms with van der Waals surface area (Å²) in [5, 5.41) is 34.9. The fourth-order valence-electron chi connectivity index (χ4n) is 4.65. The number of nitrogens with two attached hydrogens (primary N) is 2. The number of likely N-dealkylation sites (tertiary alicyclic amines) is 1. The Hall–Kier alpha value is -4.42. The second-order valence-electron chi connectivity index (χ2n) is 9.26. The lowest BCUT2D eigenvalue weighted by Gasteiger charge is -2.17. The second kappa shape index (κ2) is 9.47. The quantitative estimate of drug-likeness (QED) is 0.161. The van der Waals surface area contributed by atoms with Crippen LogP contribution in [0.15, 0.2) is 53.4 Å². The number of benzene rings is 3. The van der Waals surface area contributed by atoms with Crippen LogP contribution in [0.1, 0.15) is 24.0 Å². The van der Waals surface area contributed by atoms with Crippen LogP contribution in [0, 0.1) is 5.41 Å². The van der Waals surface area contributed by atoms with Gasteiger partial charge >= 0.3 is 0 Å². The summed E-state index contributed by atoms with van der Waals surface area (Å²) in [5.41, 5.74) is 8.15. The zero-order chi connectivity index (χ0) is 27.2. The lowest BCUT2D eigenvalue weighted by Crippen LogP contribution is -2.29. The number of hydrogen-bond acceptors (Lipinski definition) is 7. The number of phenols is 2. The van der Waals surface area contributed by atoms with Crippen LogP contribution in [-0.2, 0) is 21.2 Å². The molecule has 2 heterocycles. The molecule has 0 aliphatic carbocycles. The number of rotatable bonds is 6. The molecule has 1 saturated heterocycles. The summed E-state index contributed by atoms with van der Waals surface area (Å²) in [6.45, 7) is 1.35. The zero-order valence-electron chi connectivity index (χ0n) is 20.2. The van der Waals surface area contributed by atoms with Crippen LogP contribution in [0.5, 0.6) is 11.5 Å². The number of sulfonamides is 1. The van der Waals surface area contributed by atoms with Crippen molar-refractivity contribution in [1.29, 1.82) is 5.41 Å². The second-order valence-corrected chi connectivity index (χ2v) is 10.8. The number of aromatic amines is 1. The van der Waals surface area contributed by atoms with E-state index in [-0.39, 0.29) is 57.1 Å². The molecule has 1 aliphatic rings. The third kappa shape index (κ3) is 4.78. The van der Waals surface area contributed by atoms with Gasteiger partial charge in [0, 0.05) is 29.8 Å². The summed E-state index contributed by atoms with van der Waals surface area (Å²) in [6, 6.07) is 11.7. The van der Waals surface area contributed by atoms with E-state index in [0.29, 0.717) is 35.2 Å². The minimum absolute atomic E-state index is 0.0284. The molecular weight excluding hydrogens is 508 g/mol. The van der Waals surface area contributed by atoms with E-state index in [4.69, 9.17) is 16.3 Å². The number of phenolic OH excluding ortho intramolecular Hbond substituents is 2. The molecule has 38 heavy (non-hydrogen) atoms. The van der Waals surface area contributed by atoms with Gasteiger partial charge in [0.05, 0.1) is 27.9 Å². The number of imidazole rings is 1. The minimum atomic E-state index is -4.09. The van der Waals surface area contributed by atoms with Crippen molar-refractivity contribution in [1.82, 2.24) is 14.9 Å². The van der Waals surface area contributed by atoms with E-state index in [1.165, 1.54) is 18.2 Å². The molecule has 0 saturated carbocycles. The molecule has 1 amide bonds. The molecule has 196 valence electrons. The molecular formula is C26H26N6O5S. The number of fused-ring (bicyclic) bond motifs is 1. The third-order valence-corrected chi connectivity index (χ3v) is 7.53. The minimum Gasteiger partial charge on any atom is -0.507 e. The van der Waals surface area contributed by atoms with Gasteiger partial charge in [-0.25, -0.2) is 18.5 Å². The van der Waals surface area contributed by atoms with Gasteiger partial charge in [-0.15, -0.1) is 0 Å². The van der Waals surface area contributed by atoms with Crippen LogP contribution < -0.4 is 10.9 Å². The number of hydrogen-bond donors (Lipinski definition) is 6. The van der Waals surface area contributed by atoms with Crippen LogP contribution in [0.3, 0.4) is 0 Å². The molecule has 0 unspecified atom stereocenters. The molecule has 0 bridgehead atoms. The molecule has 1 aliphatic heterocycles. The molecule has 4 aromatic rings. The number of nitrogens with zero attached hydrogens (tertiary/aromatic N) is 2. The van der Waals surface area contributed by atoms with Crippen molar-refractivity contribution < 1.29 is 23.4 Å². The Kier molecular flexibility index (Phi) is 6.29. The Morgan fingerprint density at radius 2 is 1.74 bits per heavy atom. The Bertz CT molecular complexity index is 1710. The van der Waals surface area contributed by atoms with Gasteiger partial charge in [0.1, 0.15) is 23.2 Å². The van der Waals surface area contributed by atoms with Gasteiger partial charge in [-0.05, 0) is 66.9 Å². The first-order valence-corrected chi connectivity index (χ1v) is 13.4. The maximum Gasteiger partial charge on any atom is 0.238 e. The largest absolute Gasteiger partial charge is 0.507 e. The summed E-state index contributed by atoms with van der Waals surface area (Å²) in [7, 11) is -4.09. The summed E-state index contributed by atoms with van der Waals surface area (Å²) >= 11 is 0. The van der Waals surface area contributed by atoms with Crippen molar-refractivity contribution in [3.05, 3.63) is 59.7 Å². The van der Waals surface area contributed by atoms with Crippen molar-refractivity contribution in [3.8, 4) is 34.0 Å². The van der Waals surface area contributed by atoms with E-state index < -0.39 is 10.0 Å². The molecule has 0 spiro atoms. The summed E-state index contributed by atoms with van der Waals surface area (Å²) in [6.07, 6.45) is 1.91. The van der Waals surface area contributed by atoms with Gasteiger partial charge in [-0.2, -0.15) is 0 Å². The van der Waals surface area contributed by atoms with Crippen molar-refractivity contribution >= 4 is 32.8 Å². The maximum absolute atomic E-state index is 13.0. The highest BCUT2D eigenvalue weighted by Gasteiger charge is 2.23. The van der Waals surface area contributed by atoms with E-state index in [0.717, 1.165) is 12.8 Å². The van der Waals surface area contributed by atoms with E-state index in [1.807, 2.05) is 0 Å². The third-order valence-electron chi connectivity index (χ3n) is 6.62. The number of carbonyl (C=O) groups excluding carboxylic acids is 1. The molecule has 1 aromatic heterocycles. The zero-order valence-corrected chi connectivity index (χ0v) is 21.0. The first kappa shape index (κ1) is 25.2. The highest BCUT2D eigenvalue weighted by molar-refractivity contribution is 7.89. The molecule has 11 nitrogen and oxygen atoms in total. The first-order chi connectivity index (χ1) is 18.0. The fraction of sp³-hybridized carbons (Fsp3) is 0.192. The molecule has 3 aromatic carbocycles. The summed E-state index contributed by atoms with van der Waals surface area (Å²) in [5.74, 6) is -0.478. The van der Waals surface area contributed by atoms with Gasteiger partial charge in [0.15, 0.2) is 0 Å². The average molecular weight is 535 g/mol. The fourth-order valence-corrected chi connectivity index (χ4v) is 5.19. The van der Waals surface area contributed by atoms with Gasteiger partial charge in [0.2, 0.25) is 15.9 Å². The molecule has 0 radical (unpaired) electrons. The number of amidine groups is 1. The lowest BCUT2D eigenvalue weighted by molar-refractivity contribution is -0.129. The van der Waals surface area contributed by atoms with Gasteiger partial charge in [-0.3, -0.25) is 10.2 Å². The van der Waals surface area contributed by atoms with Gasteiger partial charge in [-0.1, -0.05) is 0 Å². The Morgan fingerprint density at radius 1 is 1.03 bits per heavy atom. The number of nitrogens with one attached hydrogen (secondary N) is 2. The standard InChI is InChI=1S/C26H26N6O5S/c27-25(28)15-3-5-20-21(12-15)31-26(30-20)19-10-14(11-23(34)32-7-1-2-8-32)9-18(24(19)35)17-13-16(38(29,36)37)4-6-22(17)33/h3-6,9-10,12-13,33,35H,1-2,7-8,11H2,(H3,27,28)(H,30,31)(H2,29,36,37). The first-order valence-electron chi connectivity index (χ1n) is 11.9. The normalized spacial score (nSPS) is 13.8. The van der Waals surface area contributed by atoms with Crippen LogP contribution in [0.4, 0.5) is 0 Å². The van der Waals surface area contributed by atoms with E-state index in [2.05, 4.69) is 9.97 Å². The highest BCUT2D eigenvalue weighted by Crippen LogP contribution is 2.43. The number of aromatic nitrogens is 2. The number of amides is 1. The van der Waals surface area contributed by atoms with Crippen molar-refractivity contribution in [2.24, 2.45) is 10.9 Å². The van der Waals surface area contributed by atoms with E-state index >= 15 is 0 Å². The predicted octanol–water partition coefficient (Wildman–Crippen LogP) is 2.40. The van der Waals surface area contributed by atoms with Crippen LogP contribution in [0.25, 0.3) is 33.5 Å². The molecule has 1 fully saturated rings. The number of carbonyl (C=O) groups is 1. The Balaban J connectivity index is 1.69. The highest BCUT2D eigenvalue weighted by atomic mass is 32.2. The summed E-state index contributed by atoms with van der Waals surface area (Å²) in [4.78, 5) is 22.2. The van der Waals surface area contributed by atoms with E-state index in [9.17, 15) is 23.4 Å². The lowest BCUT2D eigenvalue weighted by atomic mass is 9.95. The summed E-state index contributed by atoms with van der Waals surface area (Å²) < 4.78 is 24.0. The number of nitrogen functional groups attached to an aromatic ring is 1. The Morgan fingerprint density at radius 3 is 2.42 bits per heavy atom.